The SMILES string of the molecule is CCC(=O)C(C)(C)C.CCC(C)c1ncc2c(n1)CCN(C(C)(C)C)C2.CCC1CCC(C(C)(C)C)CC1.CCC1CCN(C(C)(C)C)C1.CCC1CCN(C(C)(C)C)CC1.CCC1CN(C(C)(C)C)C1.CCCC(=O)C(C)(C)C.CCN1CCN(C(C)(C)C)CC1.CCN1CCN(C(C)(C)C)CC1.CCc1ccc2c(c1)CCN(C(C)(C)C)C2. The van der Waals surface area contributed by atoms with Gasteiger partial charge in [-0.1, -0.05) is 195 Å². The highest BCUT2D eigenvalue weighted by Gasteiger charge is 2.36. The summed E-state index contributed by atoms with van der Waals surface area (Å²) in [5.41, 5.74) is 9.87. The summed E-state index contributed by atoms with van der Waals surface area (Å²) in [4.78, 5) is 54.2. The maximum atomic E-state index is 11.1. The first-order valence-corrected chi connectivity index (χ1v) is 49.8. The number of hydrogen-bond donors (Lipinski definition) is 0. The van der Waals surface area contributed by atoms with Crippen molar-refractivity contribution in [3.63, 3.8) is 0 Å². The number of likely N-dealkylation sites (N-methyl/N-ethyl adjacent to an activating group) is 2. The van der Waals surface area contributed by atoms with Crippen LogP contribution in [0.2, 0.25) is 0 Å². The normalized spacial score (nSPS) is 21.3. The van der Waals surface area contributed by atoms with Crippen LogP contribution < -0.4 is 0 Å². The number of hydrogen-bond acceptors (Lipinski definition) is 13. The van der Waals surface area contributed by atoms with Gasteiger partial charge in [0.1, 0.15) is 17.4 Å². The maximum Gasteiger partial charge on any atom is 0.138 e. The summed E-state index contributed by atoms with van der Waals surface area (Å²) in [6, 6.07) is 7.01. The molecule has 0 bridgehead atoms. The highest BCUT2D eigenvalue weighted by atomic mass is 16.1. The van der Waals surface area contributed by atoms with Gasteiger partial charge in [-0.25, -0.2) is 9.97 Å². The number of fused-ring (bicyclic) bond motifs is 2. The molecule has 13 heteroatoms. The summed E-state index contributed by atoms with van der Waals surface area (Å²) in [7, 11) is 0. The van der Waals surface area contributed by atoms with E-state index in [1.165, 1.54) is 211 Å². The van der Waals surface area contributed by atoms with Crippen molar-refractivity contribution in [3.8, 4) is 0 Å². The molecule has 120 heavy (non-hydrogen) atoms. The lowest BCUT2D eigenvalue weighted by molar-refractivity contribution is -0.126. The van der Waals surface area contributed by atoms with Gasteiger partial charge in [-0.3, -0.25) is 43.9 Å². The number of piperidine rings is 1. The second-order valence-corrected chi connectivity index (χ2v) is 47.3. The molecule has 2 aromatic rings. The van der Waals surface area contributed by atoms with Crippen molar-refractivity contribution in [2.45, 2.75) is 457 Å². The van der Waals surface area contributed by atoms with Crippen molar-refractivity contribution >= 4 is 11.6 Å². The van der Waals surface area contributed by atoms with Gasteiger partial charge in [-0.15, -0.1) is 0 Å². The number of ketones is 2. The Labute approximate surface area is 749 Å². The minimum atomic E-state index is -0.130. The Morgan fingerprint density at radius 3 is 1.08 bits per heavy atom. The first-order valence-electron chi connectivity index (χ1n) is 49.8. The molecule has 13 nitrogen and oxygen atoms in total. The van der Waals surface area contributed by atoms with Crippen molar-refractivity contribution in [1.82, 2.24) is 54.1 Å². The molecule has 10 rings (SSSR count). The van der Waals surface area contributed by atoms with E-state index < -0.39 is 0 Å². The minimum Gasteiger partial charge on any atom is -0.301 e. The zero-order valence-corrected chi connectivity index (χ0v) is 88.4. The predicted molar refractivity (Wildman–Crippen MR) is 530 cm³/mol. The number of likely N-dealkylation sites (tertiary alicyclic amines) is 3. The van der Waals surface area contributed by atoms with E-state index in [-0.39, 0.29) is 16.4 Å². The number of benzene rings is 1. The summed E-state index contributed by atoms with van der Waals surface area (Å²) >= 11 is 0. The van der Waals surface area contributed by atoms with Gasteiger partial charge in [0.25, 0.3) is 0 Å². The van der Waals surface area contributed by atoms with Crippen LogP contribution in [0.1, 0.15) is 420 Å². The van der Waals surface area contributed by atoms with E-state index in [1.54, 1.807) is 5.56 Å². The summed E-state index contributed by atoms with van der Waals surface area (Å²) in [6.07, 6.45) is 24.5. The molecule has 6 fully saturated rings. The quantitative estimate of drug-likeness (QED) is 0.202. The van der Waals surface area contributed by atoms with E-state index in [9.17, 15) is 9.59 Å². The van der Waals surface area contributed by atoms with Crippen molar-refractivity contribution in [2.24, 2.45) is 45.8 Å². The number of aromatic nitrogens is 2. The van der Waals surface area contributed by atoms with Gasteiger partial charge < -0.3 is 9.80 Å². The fourth-order valence-corrected chi connectivity index (χ4v) is 16.9. The molecule has 0 radical (unpaired) electrons. The Hall–Kier alpha value is -2.72. The van der Waals surface area contributed by atoms with Crippen molar-refractivity contribution < 1.29 is 9.59 Å². The standard InChI is InChI=1S/C15H25N3.C15H23N.C12H24.C11H23N.2C10H22N2.C10H21N.C9H19N.C8H16O.C7H14O/c1-6-11(2)14-16-9-12-10-18(15(3,4)5)8-7-13(12)17-14;1-5-12-6-7-14-11-16(15(2,3)4)9-8-13(14)10-12;1-5-10-6-8-11(9-7-10)12(2,3)4;1-5-10-6-8-12(9-7-10)11(2,3)4;2*1-5-11-6-8-12(9-7-11)10(2,3)4;1-5-9-6-7-11(8-9)10(2,3)4;1-5-8-6-10(7-8)9(2,3)4;1-5-6-7(9)8(2,3)4;1-5-6(8)7(2,3)4/h9,11H,6-8,10H2,1-5H3;6-7,10H,5,8-9,11H2,1-4H3;10-11H,5-9H2,1-4H3;10H,5-9H2,1-4H3;2*5-9H2,1-4H3;9H,5-8H2,1-4H3;8H,5-7H2,1-4H3;5-6H2,1-4H3;5H2,1-4H3. The van der Waals surface area contributed by atoms with Crippen LogP contribution in [0, 0.1) is 45.8 Å². The molecular weight excluding hydrogens is 1470 g/mol. The molecule has 0 amide bonds. The van der Waals surface area contributed by atoms with Gasteiger partial charge in [0, 0.05) is 190 Å². The van der Waals surface area contributed by atoms with E-state index in [4.69, 9.17) is 4.98 Å². The van der Waals surface area contributed by atoms with E-state index in [2.05, 4.69) is 296 Å². The molecular formula is C107H209N11O2. The van der Waals surface area contributed by atoms with E-state index in [0.717, 1.165) is 87.2 Å². The number of nitrogens with zero attached hydrogens (tertiary/aromatic N) is 11. The average Bonchev–Trinajstić information content (AvgIpc) is 1.02. The third-order valence-corrected chi connectivity index (χ3v) is 27.7. The van der Waals surface area contributed by atoms with Crippen LogP contribution in [0.15, 0.2) is 24.4 Å². The predicted octanol–water partition coefficient (Wildman–Crippen LogP) is 25.6. The van der Waals surface area contributed by atoms with Crippen molar-refractivity contribution in [2.75, 3.05) is 118 Å². The first kappa shape index (κ1) is 115. The van der Waals surface area contributed by atoms with Gasteiger partial charge in [0.2, 0.25) is 0 Å². The van der Waals surface area contributed by atoms with Crippen LogP contribution >= 0.6 is 0 Å². The molecule has 0 spiro atoms. The van der Waals surface area contributed by atoms with Crippen LogP contribution in [-0.4, -0.2) is 222 Å². The molecule has 8 aliphatic rings. The number of rotatable bonds is 12. The number of aryl methyl sites for hydroxylation is 1. The Morgan fingerprint density at radius 1 is 0.383 bits per heavy atom. The zero-order chi connectivity index (χ0) is 92.4. The van der Waals surface area contributed by atoms with Crippen LogP contribution in [0.4, 0.5) is 0 Å². The monoisotopic (exact) mass is 1680 g/mol. The van der Waals surface area contributed by atoms with E-state index >= 15 is 0 Å². The van der Waals surface area contributed by atoms with Crippen LogP contribution in [-0.2, 0) is 41.9 Å². The Kier molecular flexibility index (Phi) is 51.2. The molecule has 1 aromatic carbocycles. The third kappa shape index (κ3) is 44.8. The lowest BCUT2D eigenvalue weighted by atomic mass is 9.69. The molecule has 5 saturated heterocycles. The maximum absolute atomic E-state index is 11.1. The van der Waals surface area contributed by atoms with Crippen molar-refractivity contribution in [3.05, 3.63) is 58.2 Å². The molecule has 704 valence electrons. The van der Waals surface area contributed by atoms with Crippen LogP contribution in [0.25, 0.3) is 0 Å². The van der Waals surface area contributed by atoms with Crippen LogP contribution in [0.5, 0.6) is 0 Å². The number of carbonyl (C=O) groups excluding carboxylic acids is 2. The lowest BCUT2D eigenvalue weighted by Crippen LogP contribution is -2.55. The molecule has 2 unspecified atom stereocenters. The highest BCUT2D eigenvalue weighted by Crippen LogP contribution is 2.41. The number of Topliss-reactive ketones (excluding diaryl/α,β-unsaturated/α-hetero) is 2. The second-order valence-electron chi connectivity index (χ2n) is 47.3. The van der Waals surface area contributed by atoms with Crippen LogP contribution in [0.3, 0.4) is 0 Å². The van der Waals surface area contributed by atoms with Gasteiger partial charge in [-0.2, -0.15) is 0 Å². The highest BCUT2D eigenvalue weighted by molar-refractivity contribution is 5.83. The number of piperazine rings is 2. The fourth-order valence-electron chi connectivity index (χ4n) is 16.9. The molecule has 1 aliphatic carbocycles. The third-order valence-electron chi connectivity index (χ3n) is 27.7. The fraction of sp³-hybridized carbons (Fsp3) is 0.888. The Morgan fingerprint density at radius 2 is 0.758 bits per heavy atom. The van der Waals surface area contributed by atoms with Gasteiger partial charge in [0.05, 0.1) is 0 Å². The first-order chi connectivity index (χ1) is 55.1. The Bertz CT molecular complexity index is 2890. The molecule has 0 N–H and O–H groups in total. The van der Waals surface area contributed by atoms with E-state index in [1.807, 2.05) is 61.6 Å². The average molecular weight is 1680 g/mol. The lowest BCUT2D eigenvalue weighted by Gasteiger charge is -2.47. The molecule has 1 aromatic heterocycles. The van der Waals surface area contributed by atoms with Gasteiger partial charge >= 0.3 is 0 Å². The van der Waals surface area contributed by atoms with Gasteiger partial charge in [0.15, 0.2) is 0 Å². The van der Waals surface area contributed by atoms with Gasteiger partial charge in [-0.05, 0) is 288 Å². The molecule has 8 heterocycles. The zero-order valence-electron chi connectivity index (χ0n) is 88.4. The molecule has 1 saturated carbocycles. The summed E-state index contributed by atoms with van der Waals surface area (Å²) in [5.74, 6) is 7.17. The largest absolute Gasteiger partial charge is 0.301 e. The topological polar surface area (TPSA) is 89.1 Å². The molecule has 7 aliphatic heterocycles. The minimum absolute atomic E-state index is 0.129. The summed E-state index contributed by atoms with van der Waals surface area (Å²) in [5, 5.41) is 0. The van der Waals surface area contributed by atoms with E-state index in [0.29, 0.717) is 62.6 Å². The summed E-state index contributed by atoms with van der Waals surface area (Å²) < 4.78 is 0. The molecule has 2 atom stereocenters. The Balaban J connectivity index is 0.000000672. The summed E-state index contributed by atoms with van der Waals surface area (Å²) in [6.45, 7) is 116. The second kappa shape index (κ2) is 53.3. The van der Waals surface area contributed by atoms with Crippen molar-refractivity contribution in [1.29, 1.82) is 0 Å². The smallest absolute Gasteiger partial charge is 0.138 e. The number of carbonyl (C=O) groups is 2.